The molecule has 0 saturated carbocycles. The van der Waals surface area contributed by atoms with E-state index < -0.39 is 16.1 Å². The van der Waals surface area contributed by atoms with Crippen LogP contribution in [-0.4, -0.2) is 34.4 Å². The lowest BCUT2D eigenvalue weighted by molar-refractivity contribution is 0.168. The number of rotatable bonds is 5. The number of aromatic nitrogens is 3. The van der Waals surface area contributed by atoms with Crippen LogP contribution in [0.3, 0.4) is 0 Å². The van der Waals surface area contributed by atoms with Gasteiger partial charge in [-0.25, -0.2) is 8.42 Å². The molecule has 0 unspecified atom stereocenters. The highest BCUT2D eigenvalue weighted by atomic mass is 35.5. The topological polar surface area (TPSA) is 124 Å². The van der Waals surface area contributed by atoms with E-state index >= 15 is 0 Å². The Morgan fingerprint density at radius 3 is 2.96 bits per heavy atom. The number of fused-ring (bicyclic) bond motifs is 1. The number of anilines is 1. The molecule has 3 rings (SSSR count). The van der Waals surface area contributed by atoms with Gasteiger partial charge < -0.3 is 10.1 Å². The van der Waals surface area contributed by atoms with E-state index in [0.717, 1.165) is 0 Å². The molecule has 0 fully saturated rings. The van der Waals surface area contributed by atoms with Crippen LogP contribution in [0.5, 0.6) is 0 Å². The first-order valence-corrected chi connectivity index (χ1v) is 9.11. The van der Waals surface area contributed by atoms with Crippen LogP contribution in [0.25, 0.3) is 10.9 Å². The van der Waals surface area contributed by atoms with Crippen molar-refractivity contribution in [3.63, 3.8) is 0 Å². The summed E-state index contributed by atoms with van der Waals surface area (Å²) in [4.78, 5) is 2.83. The van der Waals surface area contributed by atoms with Crippen LogP contribution < -0.4 is 4.72 Å². The molecule has 0 aliphatic rings. The maximum atomic E-state index is 12.6. The zero-order valence-electron chi connectivity index (χ0n) is 13.1. The number of sulfonamides is 1. The second kappa shape index (κ2) is 6.40. The minimum Gasteiger partial charge on any atom is -0.391 e. The molecule has 0 radical (unpaired) electrons. The Hall–Kier alpha value is -2.54. The van der Waals surface area contributed by atoms with Crippen LogP contribution in [0.1, 0.15) is 12.5 Å². The van der Waals surface area contributed by atoms with Crippen LogP contribution in [0.4, 0.5) is 5.69 Å². The minimum absolute atomic E-state index is 0.0386. The van der Waals surface area contributed by atoms with Crippen molar-refractivity contribution >= 4 is 38.2 Å². The zero-order chi connectivity index (χ0) is 18.2. The highest BCUT2D eigenvalue weighted by molar-refractivity contribution is 7.92. The van der Waals surface area contributed by atoms with Gasteiger partial charge in [-0.2, -0.15) is 10.4 Å². The second-order valence-electron chi connectivity index (χ2n) is 5.51. The van der Waals surface area contributed by atoms with Crippen LogP contribution in [0.15, 0.2) is 35.6 Å². The molecule has 25 heavy (non-hydrogen) atoms. The van der Waals surface area contributed by atoms with Gasteiger partial charge in [0.25, 0.3) is 10.0 Å². The number of aliphatic hydroxyl groups excluding tert-OH is 1. The molecule has 0 aliphatic heterocycles. The Kier molecular flexibility index (Phi) is 4.43. The van der Waals surface area contributed by atoms with E-state index in [1.54, 1.807) is 6.92 Å². The molecule has 2 aromatic heterocycles. The number of hydrogen-bond donors (Lipinski definition) is 3. The fraction of sp³-hybridized carbons (Fsp3) is 0.200. The number of halogens is 1. The third-order valence-electron chi connectivity index (χ3n) is 3.52. The smallest absolute Gasteiger partial charge is 0.265 e. The summed E-state index contributed by atoms with van der Waals surface area (Å²) in [6, 6.07) is 5.04. The molecule has 0 spiro atoms. The van der Waals surface area contributed by atoms with E-state index in [9.17, 15) is 13.5 Å². The summed E-state index contributed by atoms with van der Waals surface area (Å²) in [5.41, 5.74) is 1.01. The first-order valence-electron chi connectivity index (χ1n) is 7.25. The Morgan fingerprint density at radius 2 is 2.28 bits per heavy atom. The number of benzene rings is 1. The van der Waals surface area contributed by atoms with Gasteiger partial charge in [-0.05, 0) is 19.1 Å². The molecule has 0 bridgehead atoms. The fourth-order valence-corrected chi connectivity index (χ4v) is 3.72. The van der Waals surface area contributed by atoms with Gasteiger partial charge in [0.1, 0.15) is 11.0 Å². The summed E-state index contributed by atoms with van der Waals surface area (Å²) < 4.78 is 28.9. The van der Waals surface area contributed by atoms with Crippen LogP contribution >= 0.6 is 11.6 Å². The minimum atomic E-state index is -3.89. The van der Waals surface area contributed by atoms with E-state index in [1.165, 1.54) is 35.4 Å². The molecular formula is C15H14ClN5O3S. The lowest BCUT2D eigenvalue weighted by atomic mass is 10.1. The van der Waals surface area contributed by atoms with Crippen molar-refractivity contribution in [3.05, 3.63) is 41.3 Å². The predicted molar refractivity (Wildman–Crippen MR) is 92.7 cm³/mol. The molecule has 0 saturated heterocycles. The van der Waals surface area contributed by atoms with Crippen molar-refractivity contribution in [1.82, 2.24) is 14.8 Å². The highest BCUT2D eigenvalue weighted by Gasteiger charge is 2.20. The molecular weight excluding hydrogens is 366 g/mol. The van der Waals surface area contributed by atoms with Gasteiger partial charge in [0.15, 0.2) is 0 Å². The zero-order valence-corrected chi connectivity index (χ0v) is 14.6. The van der Waals surface area contributed by atoms with Crippen molar-refractivity contribution in [3.8, 4) is 6.07 Å². The maximum Gasteiger partial charge on any atom is 0.265 e. The quantitative estimate of drug-likeness (QED) is 0.626. The van der Waals surface area contributed by atoms with Crippen molar-refractivity contribution < 1.29 is 13.5 Å². The predicted octanol–water partition coefficient (Wildman–Crippen LogP) is 2.07. The molecule has 1 atom stereocenters. The van der Waals surface area contributed by atoms with Crippen molar-refractivity contribution in [2.24, 2.45) is 0 Å². The first kappa shape index (κ1) is 17.3. The summed E-state index contributed by atoms with van der Waals surface area (Å²) in [7, 11) is -3.89. The molecule has 3 N–H and O–H groups in total. The Bertz CT molecular complexity index is 1080. The number of H-pyrrole nitrogens is 1. The standard InChI is InChI=1S/C15H14ClN5O3S/c1-9(22)7-21-8-11(6-19-21)25(23,24)20-13-3-2-12(16)14-10(4-17)5-18-15(13)14/h2-3,5-6,8-9,18,20,22H,7H2,1H3/t9-/m1/s1. The molecule has 0 amide bonds. The lowest BCUT2D eigenvalue weighted by Crippen LogP contribution is -2.14. The second-order valence-corrected chi connectivity index (χ2v) is 7.60. The van der Waals surface area contributed by atoms with Crippen LogP contribution in [0.2, 0.25) is 5.02 Å². The van der Waals surface area contributed by atoms with Gasteiger partial charge in [-0.1, -0.05) is 11.6 Å². The fourth-order valence-electron chi connectivity index (χ4n) is 2.44. The highest BCUT2D eigenvalue weighted by Crippen LogP contribution is 2.32. The van der Waals surface area contributed by atoms with Gasteiger partial charge in [0.05, 0.1) is 40.6 Å². The van der Waals surface area contributed by atoms with E-state index in [1.807, 2.05) is 6.07 Å². The Labute approximate surface area is 148 Å². The number of nitrogens with one attached hydrogen (secondary N) is 2. The third kappa shape index (κ3) is 3.32. The van der Waals surface area contributed by atoms with Crippen molar-refractivity contribution in [2.45, 2.75) is 24.5 Å². The van der Waals surface area contributed by atoms with Crippen LogP contribution in [-0.2, 0) is 16.6 Å². The number of aliphatic hydroxyl groups is 1. The monoisotopic (exact) mass is 379 g/mol. The Balaban J connectivity index is 1.98. The lowest BCUT2D eigenvalue weighted by Gasteiger charge is -2.08. The van der Waals surface area contributed by atoms with Crippen molar-refractivity contribution in [1.29, 1.82) is 5.26 Å². The van der Waals surface area contributed by atoms with Gasteiger partial charge in [-0.15, -0.1) is 0 Å². The third-order valence-corrected chi connectivity index (χ3v) is 5.16. The van der Waals surface area contributed by atoms with E-state index in [-0.39, 0.29) is 17.1 Å². The van der Waals surface area contributed by atoms with Gasteiger partial charge in [0.2, 0.25) is 0 Å². The molecule has 1 aromatic carbocycles. The summed E-state index contributed by atoms with van der Waals surface area (Å²) >= 11 is 6.11. The average molecular weight is 380 g/mol. The van der Waals surface area contributed by atoms with E-state index in [0.29, 0.717) is 21.5 Å². The SMILES string of the molecule is C[C@@H](O)Cn1cc(S(=O)(=O)Nc2ccc(Cl)c3c(C#N)c[nH]c23)cn1. The van der Waals surface area contributed by atoms with Crippen LogP contribution in [0, 0.1) is 11.3 Å². The van der Waals surface area contributed by atoms with E-state index in [2.05, 4.69) is 14.8 Å². The summed E-state index contributed by atoms with van der Waals surface area (Å²) in [5, 5.41) is 23.2. The average Bonchev–Trinajstić information content (AvgIpc) is 3.17. The number of hydrogen-bond acceptors (Lipinski definition) is 5. The molecule has 2 heterocycles. The summed E-state index contributed by atoms with van der Waals surface area (Å²) in [6.07, 6.45) is 3.35. The van der Waals surface area contributed by atoms with Gasteiger partial charge >= 0.3 is 0 Å². The molecule has 10 heteroatoms. The molecule has 8 nitrogen and oxygen atoms in total. The number of nitrogens with zero attached hydrogens (tertiary/aromatic N) is 3. The molecule has 3 aromatic rings. The van der Waals surface area contributed by atoms with Gasteiger partial charge in [-0.3, -0.25) is 9.40 Å². The van der Waals surface area contributed by atoms with Crippen molar-refractivity contribution in [2.75, 3.05) is 4.72 Å². The first-order chi connectivity index (χ1) is 11.8. The summed E-state index contributed by atoms with van der Waals surface area (Å²) in [6.45, 7) is 1.76. The molecule has 130 valence electrons. The van der Waals surface area contributed by atoms with Gasteiger partial charge in [0, 0.05) is 17.8 Å². The van der Waals surface area contributed by atoms with E-state index in [4.69, 9.17) is 16.9 Å². The maximum absolute atomic E-state index is 12.6. The Morgan fingerprint density at radius 1 is 1.52 bits per heavy atom. The number of nitriles is 1. The summed E-state index contributed by atoms with van der Waals surface area (Å²) in [5.74, 6) is 0. The normalized spacial score (nSPS) is 12.9. The molecule has 0 aliphatic carbocycles. The largest absolute Gasteiger partial charge is 0.391 e. The number of aromatic amines is 1.